The van der Waals surface area contributed by atoms with Crippen molar-refractivity contribution in [1.82, 2.24) is 4.90 Å². The molecule has 0 aromatic heterocycles. The van der Waals surface area contributed by atoms with Crippen LogP contribution >= 0.6 is 0 Å². The second-order valence-electron chi connectivity index (χ2n) is 5.53. The first-order valence-corrected chi connectivity index (χ1v) is 7.27. The molecule has 21 heavy (non-hydrogen) atoms. The molecule has 114 valence electrons. The van der Waals surface area contributed by atoms with Gasteiger partial charge in [0.2, 0.25) is 5.91 Å². The van der Waals surface area contributed by atoms with Crippen molar-refractivity contribution in [3.05, 3.63) is 35.6 Å². The first-order chi connectivity index (χ1) is 10.0. The summed E-state index contributed by atoms with van der Waals surface area (Å²) in [7, 11) is 0. The van der Waals surface area contributed by atoms with E-state index < -0.39 is 11.9 Å². The maximum atomic E-state index is 13.2. The quantitative estimate of drug-likeness (QED) is 0.908. The van der Waals surface area contributed by atoms with Gasteiger partial charge in [0.1, 0.15) is 5.82 Å². The molecule has 1 aromatic rings. The van der Waals surface area contributed by atoms with Crippen molar-refractivity contribution >= 4 is 11.9 Å². The van der Waals surface area contributed by atoms with Crippen molar-refractivity contribution in [1.29, 1.82) is 0 Å². The van der Waals surface area contributed by atoms with Crippen LogP contribution in [0.4, 0.5) is 4.39 Å². The van der Waals surface area contributed by atoms with Crippen molar-refractivity contribution < 1.29 is 19.1 Å². The molecule has 0 spiro atoms. The van der Waals surface area contributed by atoms with E-state index >= 15 is 0 Å². The Hall–Kier alpha value is -1.91. The molecule has 1 aliphatic carbocycles. The number of carbonyl (C=O) groups is 2. The van der Waals surface area contributed by atoms with Gasteiger partial charge in [-0.2, -0.15) is 0 Å². The molecule has 0 aliphatic heterocycles. The Balaban J connectivity index is 2.01. The molecule has 0 saturated heterocycles. The number of hydrogen-bond acceptors (Lipinski definition) is 2. The lowest BCUT2D eigenvalue weighted by atomic mass is 10.0. The lowest BCUT2D eigenvalue weighted by Gasteiger charge is -2.24. The first kappa shape index (κ1) is 15.5. The summed E-state index contributed by atoms with van der Waals surface area (Å²) >= 11 is 0. The van der Waals surface area contributed by atoms with Gasteiger partial charge in [0.25, 0.3) is 0 Å². The average molecular weight is 293 g/mol. The fraction of sp³-hybridized carbons (Fsp3) is 0.500. The monoisotopic (exact) mass is 293 g/mol. The Bertz CT molecular complexity index is 532. The van der Waals surface area contributed by atoms with Gasteiger partial charge in [-0.3, -0.25) is 9.59 Å². The normalized spacial score (nSPS) is 21.2. The number of rotatable bonds is 5. The highest BCUT2D eigenvalue weighted by Crippen LogP contribution is 2.32. The highest BCUT2D eigenvalue weighted by Gasteiger charge is 2.35. The number of nitrogens with zero attached hydrogens (tertiary/aromatic N) is 1. The van der Waals surface area contributed by atoms with Crippen LogP contribution in [0, 0.1) is 17.7 Å². The number of benzene rings is 1. The SMILES string of the molecule is CCN(Cc1cccc(F)c1)C(=O)[C@@H]1CC[C@H](C(=O)O)C1. The molecule has 1 saturated carbocycles. The number of aliphatic carboxylic acids is 1. The molecule has 0 unspecified atom stereocenters. The summed E-state index contributed by atoms with van der Waals surface area (Å²) in [5, 5.41) is 9.01. The van der Waals surface area contributed by atoms with Gasteiger partial charge in [-0.1, -0.05) is 12.1 Å². The van der Waals surface area contributed by atoms with E-state index in [-0.39, 0.29) is 17.6 Å². The third kappa shape index (κ3) is 3.80. The van der Waals surface area contributed by atoms with Crippen molar-refractivity contribution in [3.63, 3.8) is 0 Å². The van der Waals surface area contributed by atoms with Gasteiger partial charge < -0.3 is 10.0 Å². The van der Waals surface area contributed by atoms with Crippen LogP contribution in [0.15, 0.2) is 24.3 Å². The highest BCUT2D eigenvalue weighted by atomic mass is 19.1. The Morgan fingerprint density at radius 1 is 1.33 bits per heavy atom. The molecule has 2 atom stereocenters. The fourth-order valence-electron chi connectivity index (χ4n) is 2.89. The third-order valence-electron chi connectivity index (χ3n) is 4.09. The molecule has 1 aromatic carbocycles. The number of halogens is 1. The van der Waals surface area contributed by atoms with Crippen LogP contribution in [0.3, 0.4) is 0 Å². The summed E-state index contributed by atoms with van der Waals surface area (Å²) in [6.07, 6.45) is 1.59. The van der Waals surface area contributed by atoms with Crippen molar-refractivity contribution in [2.45, 2.75) is 32.7 Å². The van der Waals surface area contributed by atoms with E-state index in [0.29, 0.717) is 32.4 Å². The van der Waals surface area contributed by atoms with Crippen LogP contribution in [-0.4, -0.2) is 28.4 Å². The first-order valence-electron chi connectivity index (χ1n) is 7.27. The number of carbonyl (C=O) groups excluding carboxylic acids is 1. The molecule has 1 N–H and O–H groups in total. The summed E-state index contributed by atoms with van der Waals surface area (Å²) < 4.78 is 13.2. The molecule has 1 fully saturated rings. The van der Waals surface area contributed by atoms with E-state index in [2.05, 4.69) is 0 Å². The van der Waals surface area contributed by atoms with Gasteiger partial charge in [-0.25, -0.2) is 4.39 Å². The zero-order valence-corrected chi connectivity index (χ0v) is 12.1. The average Bonchev–Trinajstić information content (AvgIpc) is 2.94. The minimum atomic E-state index is -0.821. The lowest BCUT2D eigenvalue weighted by molar-refractivity contribution is -0.141. The van der Waals surface area contributed by atoms with Crippen molar-refractivity contribution in [3.8, 4) is 0 Å². The van der Waals surface area contributed by atoms with Gasteiger partial charge in [0, 0.05) is 19.0 Å². The second kappa shape index (κ2) is 6.70. The number of carboxylic acid groups (broad SMARTS) is 1. The van der Waals surface area contributed by atoms with E-state index in [4.69, 9.17) is 5.11 Å². The second-order valence-corrected chi connectivity index (χ2v) is 5.53. The Morgan fingerprint density at radius 2 is 2.05 bits per heavy atom. The van der Waals surface area contributed by atoms with Gasteiger partial charge in [-0.15, -0.1) is 0 Å². The standard InChI is InChI=1S/C16H20FNO3/c1-2-18(10-11-4-3-5-14(17)8-11)15(19)12-6-7-13(9-12)16(20)21/h3-5,8,12-13H,2,6-7,9-10H2,1H3,(H,20,21)/t12-,13+/m1/s1. The van der Waals surface area contributed by atoms with E-state index in [1.165, 1.54) is 12.1 Å². The smallest absolute Gasteiger partial charge is 0.306 e. The van der Waals surface area contributed by atoms with Gasteiger partial charge in [0.15, 0.2) is 0 Å². The van der Waals surface area contributed by atoms with Crippen LogP contribution in [0.2, 0.25) is 0 Å². The predicted molar refractivity (Wildman–Crippen MR) is 76.0 cm³/mol. The maximum Gasteiger partial charge on any atom is 0.306 e. The molecule has 1 amide bonds. The van der Waals surface area contributed by atoms with Crippen LogP contribution in [0.1, 0.15) is 31.7 Å². The van der Waals surface area contributed by atoms with Crippen LogP contribution in [-0.2, 0) is 16.1 Å². The summed E-state index contributed by atoms with van der Waals surface area (Å²) in [5.41, 5.74) is 0.748. The Kier molecular flexibility index (Phi) is 4.94. The fourth-order valence-corrected chi connectivity index (χ4v) is 2.89. The van der Waals surface area contributed by atoms with Crippen LogP contribution < -0.4 is 0 Å². The Morgan fingerprint density at radius 3 is 2.62 bits per heavy atom. The van der Waals surface area contributed by atoms with Gasteiger partial charge in [0.05, 0.1) is 5.92 Å². The molecule has 5 heteroatoms. The van der Waals surface area contributed by atoms with Crippen LogP contribution in [0.25, 0.3) is 0 Å². The van der Waals surface area contributed by atoms with Gasteiger partial charge >= 0.3 is 5.97 Å². The maximum absolute atomic E-state index is 13.2. The molecule has 4 nitrogen and oxygen atoms in total. The van der Waals surface area contributed by atoms with Crippen molar-refractivity contribution in [2.75, 3.05) is 6.54 Å². The summed E-state index contributed by atoms with van der Waals surface area (Å²) in [5.74, 6) is -1.79. The van der Waals surface area contributed by atoms with E-state index in [1.54, 1.807) is 17.0 Å². The van der Waals surface area contributed by atoms with Crippen molar-refractivity contribution in [2.24, 2.45) is 11.8 Å². The van der Waals surface area contributed by atoms with Crippen LogP contribution in [0.5, 0.6) is 0 Å². The molecule has 0 radical (unpaired) electrons. The molecular weight excluding hydrogens is 273 g/mol. The third-order valence-corrected chi connectivity index (χ3v) is 4.09. The highest BCUT2D eigenvalue weighted by molar-refractivity contribution is 5.81. The summed E-state index contributed by atoms with van der Waals surface area (Å²) in [6, 6.07) is 6.20. The zero-order chi connectivity index (χ0) is 15.4. The minimum absolute atomic E-state index is 0.0227. The number of hydrogen-bond donors (Lipinski definition) is 1. The number of carboxylic acids is 1. The van der Waals surface area contributed by atoms with E-state index in [0.717, 1.165) is 5.56 Å². The molecule has 1 aliphatic rings. The lowest BCUT2D eigenvalue weighted by Crippen LogP contribution is -2.35. The summed E-state index contributed by atoms with van der Waals surface area (Å²) in [4.78, 5) is 25.1. The zero-order valence-electron chi connectivity index (χ0n) is 12.1. The van der Waals surface area contributed by atoms with Gasteiger partial charge in [-0.05, 0) is 43.9 Å². The molecule has 0 heterocycles. The van der Waals surface area contributed by atoms with E-state index in [1.807, 2.05) is 6.92 Å². The number of amides is 1. The summed E-state index contributed by atoms with van der Waals surface area (Å²) in [6.45, 7) is 2.77. The minimum Gasteiger partial charge on any atom is -0.481 e. The molecule has 2 rings (SSSR count). The molecule has 0 bridgehead atoms. The largest absolute Gasteiger partial charge is 0.481 e. The van der Waals surface area contributed by atoms with E-state index in [9.17, 15) is 14.0 Å². The Labute approximate surface area is 123 Å². The molecular formula is C16H20FNO3. The predicted octanol–water partition coefficient (Wildman–Crippen LogP) is 2.68. The topological polar surface area (TPSA) is 57.6 Å².